The van der Waals surface area contributed by atoms with Gasteiger partial charge in [-0.05, 0) is 6.92 Å². The summed E-state index contributed by atoms with van der Waals surface area (Å²) in [6.07, 6.45) is -0.497. The molecule has 24 heavy (non-hydrogen) atoms. The Morgan fingerprint density at radius 2 is 2.17 bits per heavy atom. The van der Waals surface area contributed by atoms with Gasteiger partial charge in [0.05, 0.1) is 19.7 Å². The fourth-order valence-electron chi connectivity index (χ4n) is 2.60. The molecule has 0 aliphatic carbocycles. The Hall–Kier alpha value is -2.65. The van der Waals surface area contributed by atoms with Crippen molar-refractivity contribution in [1.82, 2.24) is 19.8 Å². The van der Waals surface area contributed by atoms with Crippen molar-refractivity contribution >= 4 is 12.0 Å². The second kappa shape index (κ2) is 7.28. The molecule has 2 amide bonds. The molecule has 1 saturated heterocycles. The van der Waals surface area contributed by atoms with Crippen LogP contribution in [0.5, 0.6) is 0 Å². The molecule has 2 heterocycles. The number of hydrogen-bond acceptors (Lipinski definition) is 5. The molecule has 0 unspecified atom stereocenters. The van der Waals surface area contributed by atoms with Crippen molar-refractivity contribution in [3.05, 3.63) is 32.6 Å². The van der Waals surface area contributed by atoms with Crippen LogP contribution in [0.3, 0.4) is 0 Å². The number of carbonyl (C=O) groups is 2. The van der Waals surface area contributed by atoms with Crippen LogP contribution in [-0.2, 0) is 16.1 Å². The third-order valence-corrected chi connectivity index (χ3v) is 3.85. The number of aromatic amines is 1. The Bertz CT molecular complexity index is 743. The lowest BCUT2D eigenvalue weighted by atomic mass is 10.2. The second-order valence-electron chi connectivity index (χ2n) is 5.60. The molecule has 0 bridgehead atoms. The fraction of sp³-hybridized carbons (Fsp3) is 0.571. The number of aromatic nitrogens is 2. The van der Waals surface area contributed by atoms with Gasteiger partial charge in [-0.25, -0.2) is 14.0 Å². The van der Waals surface area contributed by atoms with Crippen molar-refractivity contribution in [1.29, 1.82) is 0 Å². The largest absolute Gasteiger partial charge is 0.453 e. The third-order valence-electron chi connectivity index (χ3n) is 3.85. The van der Waals surface area contributed by atoms with E-state index in [1.54, 1.807) is 0 Å². The number of nitrogens with zero attached hydrogens (tertiary/aromatic N) is 2. The highest BCUT2D eigenvalue weighted by atomic mass is 19.1. The van der Waals surface area contributed by atoms with E-state index in [1.165, 1.54) is 25.1 Å². The first-order chi connectivity index (χ1) is 11.3. The molecule has 9 nitrogen and oxygen atoms in total. The van der Waals surface area contributed by atoms with Gasteiger partial charge in [-0.2, -0.15) is 0 Å². The lowest BCUT2D eigenvalue weighted by Crippen LogP contribution is -2.45. The highest BCUT2D eigenvalue weighted by molar-refractivity contribution is 5.77. The van der Waals surface area contributed by atoms with Crippen molar-refractivity contribution < 1.29 is 18.7 Å². The zero-order valence-corrected chi connectivity index (χ0v) is 13.4. The normalized spacial score (nSPS) is 20.0. The van der Waals surface area contributed by atoms with E-state index in [9.17, 15) is 23.6 Å². The Balaban J connectivity index is 2.09. The number of likely N-dealkylation sites (tertiary alicyclic amines) is 1. The summed E-state index contributed by atoms with van der Waals surface area (Å²) < 4.78 is 19.2. The molecule has 0 radical (unpaired) electrons. The molecule has 2 atom stereocenters. The number of nitrogens with one attached hydrogen (secondary N) is 2. The maximum Gasteiger partial charge on any atom is 0.406 e. The first-order valence-electron chi connectivity index (χ1n) is 7.37. The molecule has 2 rings (SSSR count). The SMILES string of the molecule is COC(=O)NC[C@@H]1C[C@H](F)CN1C(=O)Cn1cc(C)c(=O)[nH]c1=O. The van der Waals surface area contributed by atoms with Gasteiger partial charge < -0.3 is 15.0 Å². The molecule has 1 aromatic rings. The number of methoxy groups -OCH3 is 1. The molecular weight excluding hydrogens is 323 g/mol. The van der Waals surface area contributed by atoms with Gasteiger partial charge in [0.15, 0.2) is 0 Å². The van der Waals surface area contributed by atoms with Crippen LogP contribution in [0.4, 0.5) is 9.18 Å². The van der Waals surface area contributed by atoms with E-state index in [1.807, 2.05) is 0 Å². The van der Waals surface area contributed by atoms with E-state index >= 15 is 0 Å². The van der Waals surface area contributed by atoms with Crippen molar-refractivity contribution in [2.24, 2.45) is 0 Å². The van der Waals surface area contributed by atoms with Crippen LogP contribution in [-0.4, -0.2) is 58.9 Å². The zero-order chi connectivity index (χ0) is 17.9. The van der Waals surface area contributed by atoms with Crippen LogP contribution in [0.15, 0.2) is 15.8 Å². The quantitative estimate of drug-likeness (QED) is 0.739. The number of aryl methyl sites for hydroxylation is 1. The second-order valence-corrected chi connectivity index (χ2v) is 5.60. The lowest BCUT2D eigenvalue weighted by molar-refractivity contribution is -0.132. The predicted molar refractivity (Wildman–Crippen MR) is 81.5 cm³/mol. The molecular formula is C14H19FN4O5. The van der Waals surface area contributed by atoms with Crippen LogP contribution in [0.1, 0.15) is 12.0 Å². The van der Waals surface area contributed by atoms with Crippen molar-refractivity contribution in [3.8, 4) is 0 Å². The van der Waals surface area contributed by atoms with E-state index in [0.717, 1.165) is 4.57 Å². The van der Waals surface area contributed by atoms with Crippen LogP contribution in [0, 0.1) is 6.92 Å². The molecule has 1 fully saturated rings. The smallest absolute Gasteiger partial charge is 0.406 e. The van der Waals surface area contributed by atoms with Crippen molar-refractivity contribution in [2.75, 3.05) is 20.2 Å². The summed E-state index contributed by atoms with van der Waals surface area (Å²) >= 11 is 0. The molecule has 1 aliphatic rings. The van der Waals surface area contributed by atoms with Gasteiger partial charge in [0.2, 0.25) is 5.91 Å². The van der Waals surface area contributed by atoms with Crippen LogP contribution in [0.25, 0.3) is 0 Å². The average Bonchev–Trinajstić information content (AvgIpc) is 2.91. The fourth-order valence-corrected chi connectivity index (χ4v) is 2.60. The molecule has 0 spiro atoms. The lowest BCUT2D eigenvalue weighted by Gasteiger charge is -2.24. The number of alkyl carbamates (subject to hydrolysis) is 1. The van der Waals surface area contributed by atoms with Crippen molar-refractivity contribution in [2.45, 2.75) is 32.1 Å². The highest BCUT2D eigenvalue weighted by Gasteiger charge is 2.35. The third kappa shape index (κ3) is 4.00. The van der Waals surface area contributed by atoms with E-state index in [0.29, 0.717) is 0 Å². The highest BCUT2D eigenvalue weighted by Crippen LogP contribution is 2.20. The number of rotatable bonds is 4. The molecule has 0 aromatic carbocycles. The summed E-state index contributed by atoms with van der Waals surface area (Å²) in [5, 5.41) is 2.43. The summed E-state index contributed by atoms with van der Waals surface area (Å²) in [7, 11) is 1.20. The minimum absolute atomic E-state index is 0.0540. The molecule has 2 N–H and O–H groups in total. The number of ether oxygens (including phenoxy) is 1. The van der Waals surface area contributed by atoms with Gasteiger partial charge in [0, 0.05) is 24.7 Å². The minimum Gasteiger partial charge on any atom is -0.453 e. The van der Waals surface area contributed by atoms with Crippen LogP contribution in [0.2, 0.25) is 0 Å². The number of alkyl halides is 1. The van der Waals surface area contributed by atoms with E-state index in [-0.39, 0.29) is 31.6 Å². The van der Waals surface area contributed by atoms with Gasteiger partial charge in [-0.15, -0.1) is 0 Å². The Kier molecular flexibility index (Phi) is 5.37. The maximum absolute atomic E-state index is 13.7. The van der Waals surface area contributed by atoms with Gasteiger partial charge in [0.1, 0.15) is 12.7 Å². The number of hydrogen-bond donors (Lipinski definition) is 2. The summed E-state index contributed by atoms with van der Waals surface area (Å²) in [6, 6.07) is -0.522. The number of carbonyl (C=O) groups excluding carboxylic acids is 2. The number of amides is 2. The molecule has 1 aliphatic heterocycles. The molecule has 0 saturated carbocycles. The summed E-state index contributed by atoms with van der Waals surface area (Å²) in [6.45, 7) is 1.13. The van der Waals surface area contributed by atoms with Crippen LogP contribution >= 0.6 is 0 Å². The molecule has 10 heteroatoms. The van der Waals surface area contributed by atoms with Gasteiger partial charge in [-0.3, -0.25) is 19.1 Å². The number of halogens is 1. The summed E-state index contributed by atoms with van der Waals surface area (Å²) in [5.41, 5.74) is -0.941. The zero-order valence-electron chi connectivity index (χ0n) is 13.4. The van der Waals surface area contributed by atoms with Crippen molar-refractivity contribution in [3.63, 3.8) is 0 Å². The van der Waals surface area contributed by atoms with E-state index < -0.39 is 35.5 Å². The first kappa shape index (κ1) is 17.7. The molecule has 1 aromatic heterocycles. The summed E-state index contributed by atoms with van der Waals surface area (Å²) in [4.78, 5) is 50.0. The molecule has 132 valence electrons. The monoisotopic (exact) mass is 342 g/mol. The predicted octanol–water partition coefficient (Wildman–Crippen LogP) is -0.860. The Labute approximate surface area is 136 Å². The van der Waals surface area contributed by atoms with Gasteiger partial charge >= 0.3 is 11.8 Å². The standard InChI is InChI=1S/C14H19FN4O5/c1-8-5-18(13(22)17-12(8)21)7-11(20)19-6-9(15)3-10(19)4-16-14(23)24-2/h5,9-10H,3-4,6-7H2,1-2H3,(H,16,23)(H,17,21,22)/t9-,10-/m0/s1. The van der Waals surface area contributed by atoms with E-state index in [4.69, 9.17) is 0 Å². The Morgan fingerprint density at radius 3 is 2.83 bits per heavy atom. The maximum atomic E-state index is 13.7. The topological polar surface area (TPSA) is 114 Å². The van der Waals surface area contributed by atoms with Crippen LogP contribution < -0.4 is 16.6 Å². The van der Waals surface area contributed by atoms with E-state index in [2.05, 4.69) is 15.0 Å². The Morgan fingerprint density at radius 1 is 1.46 bits per heavy atom. The summed E-state index contributed by atoms with van der Waals surface area (Å²) in [5.74, 6) is -0.472. The minimum atomic E-state index is -1.20. The van der Waals surface area contributed by atoms with Gasteiger partial charge in [0.25, 0.3) is 5.56 Å². The number of H-pyrrole nitrogens is 1. The average molecular weight is 342 g/mol. The first-order valence-corrected chi connectivity index (χ1v) is 7.37. The van der Waals surface area contributed by atoms with Gasteiger partial charge in [-0.1, -0.05) is 0 Å².